The maximum atomic E-state index is 9.39. The molecule has 1 atom stereocenters. The van der Waals surface area contributed by atoms with Crippen molar-refractivity contribution in [2.75, 3.05) is 5.32 Å². The summed E-state index contributed by atoms with van der Waals surface area (Å²) >= 11 is 0. The largest absolute Gasteiger partial charge is 0.411 e. The lowest BCUT2D eigenvalue weighted by atomic mass is 9.96. The molecule has 1 aromatic carbocycles. The van der Waals surface area contributed by atoms with Gasteiger partial charge in [-0.1, -0.05) is 68.3 Å². The van der Waals surface area contributed by atoms with E-state index in [1.807, 2.05) is 18.2 Å². The third-order valence-corrected chi connectivity index (χ3v) is 4.32. The Balaban J connectivity index is 2.00. The summed E-state index contributed by atoms with van der Waals surface area (Å²) < 4.78 is 0. The van der Waals surface area contributed by atoms with Crippen LogP contribution in [0.3, 0.4) is 0 Å². The molecule has 3 nitrogen and oxygen atoms in total. The minimum Gasteiger partial charge on any atom is -0.411 e. The van der Waals surface area contributed by atoms with Crippen molar-refractivity contribution in [3.05, 3.63) is 30.3 Å². The monoisotopic (exact) mass is 288 g/mol. The van der Waals surface area contributed by atoms with Crippen LogP contribution in [-0.2, 0) is 0 Å². The van der Waals surface area contributed by atoms with Gasteiger partial charge in [-0.05, 0) is 31.4 Å². The lowest BCUT2D eigenvalue weighted by molar-refractivity contribution is 0.314. The maximum Gasteiger partial charge on any atom is 0.0792 e. The Hall–Kier alpha value is -1.51. The van der Waals surface area contributed by atoms with Crippen LogP contribution in [0.4, 0.5) is 5.69 Å². The van der Waals surface area contributed by atoms with E-state index in [-0.39, 0.29) is 6.04 Å². The topological polar surface area (TPSA) is 44.6 Å². The molecular weight excluding hydrogens is 260 g/mol. The van der Waals surface area contributed by atoms with Gasteiger partial charge in [0.1, 0.15) is 0 Å². The summed E-state index contributed by atoms with van der Waals surface area (Å²) in [5.74, 6) is 0. The van der Waals surface area contributed by atoms with E-state index in [2.05, 4.69) is 22.6 Å². The lowest BCUT2D eigenvalue weighted by Gasteiger charge is -2.21. The van der Waals surface area contributed by atoms with Gasteiger partial charge in [0.05, 0.1) is 11.8 Å². The molecule has 1 saturated carbocycles. The van der Waals surface area contributed by atoms with Crippen molar-refractivity contribution in [1.82, 2.24) is 0 Å². The number of anilines is 1. The quantitative estimate of drug-likeness (QED) is 0.579. The molecule has 1 aliphatic carbocycles. The summed E-state index contributed by atoms with van der Waals surface area (Å²) in [7, 11) is 0. The second-order valence-electron chi connectivity index (χ2n) is 6.02. The first-order valence-electron chi connectivity index (χ1n) is 8.42. The number of nitrogens with zero attached hydrogens (tertiary/aromatic N) is 1. The molecule has 0 radical (unpaired) electrons. The van der Waals surface area contributed by atoms with Gasteiger partial charge in [0.2, 0.25) is 0 Å². The van der Waals surface area contributed by atoms with Crippen LogP contribution >= 0.6 is 0 Å². The van der Waals surface area contributed by atoms with Crippen molar-refractivity contribution in [2.24, 2.45) is 5.16 Å². The minimum atomic E-state index is 0.164. The van der Waals surface area contributed by atoms with Gasteiger partial charge >= 0.3 is 0 Å². The van der Waals surface area contributed by atoms with E-state index in [0.717, 1.165) is 30.7 Å². The van der Waals surface area contributed by atoms with Crippen LogP contribution in [0, 0.1) is 0 Å². The Kier molecular flexibility index (Phi) is 7.13. The van der Waals surface area contributed by atoms with Crippen LogP contribution in [0.5, 0.6) is 0 Å². The van der Waals surface area contributed by atoms with E-state index >= 15 is 0 Å². The van der Waals surface area contributed by atoms with Crippen LogP contribution in [0.25, 0.3) is 0 Å². The van der Waals surface area contributed by atoms with Crippen molar-refractivity contribution < 1.29 is 5.21 Å². The summed E-state index contributed by atoms with van der Waals surface area (Å²) in [6, 6.07) is 10.4. The smallest absolute Gasteiger partial charge is 0.0792 e. The van der Waals surface area contributed by atoms with Gasteiger partial charge in [-0.15, -0.1) is 0 Å². The van der Waals surface area contributed by atoms with Crippen molar-refractivity contribution in [2.45, 2.75) is 70.3 Å². The molecule has 1 aromatic rings. The van der Waals surface area contributed by atoms with Gasteiger partial charge in [-0.2, -0.15) is 0 Å². The summed E-state index contributed by atoms with van der Waals surface area (Å²) in [4.78, 5) is 0. The summed E-state index contributed by atoms with van der Waals surface area (Å²) in [5.41, 5.74) is 2.02. The average Bonchev–Trinajstić information content (AvgIpc) is 2.51. The van der Waals surface area contributed by atoms with Gasteiger partial charge in [-0.25, -0.2) is 0 Å². The first kappa shape index (κ1) is 15.9. The van der Waals surface area contributed by atoms with E-state index < -0.39 is 0 Å². The van der Waals surface area contributed by atoms with Gasteiger partial charge in [0.15, 0.2) is 0 Å². The SMILES string of the molecule is ON=C1CCCCCCCCCCC1Nc1ccccc1. The zero-order valence-electron chi connectivity index (χ0n) is 12.9. The number of para-hydroxylation sites is 1. The maximum absolute atomic E-state index is 9.39. The van der Waals surface area contributed by atoms with Gasteiger partial charge in [0, 0.05) is 5.69 Å². The number of benzene rings is 1. The molecule has 0 amide bonds. The molecule has 0 heterocycles. The van der Waals surface area contributed by atoms with Gasteiger partial charge < -0.3 is 10.5 Å². The molecule has 0 aromatic heterocycles. The minimum absolute atomic E-state index is 0.164. The number of nitrogens with one attached hydrogen (secondary N) is 1. The highest BCUT2D eigenvalue weighted by Crippen LogP contribution is 2.19. The Morgan fingerprint density at radius 2 is 1.48 bits per heavy atom. The molecule has 0 spiro atoms. The van der Waals surface area contributed by atoms with Gasteiger partial charge in [0.25, 0.3) is 0 Å². The fraction of sp³-hybridized carbons (Fsp3) is 0.611. The fourth-order valence-corrected chi connectivity index (χ4v) is 3.07. The van der Waals surface area contributed by atoms with E-state index in [1.54, 1.807) is 0 Å². The molecule has 1 aliphatic rings. The van der Waals surface area contributed by atoms with Crippen molar-refractivity contribution in [3.63, 3.8) is 0 Å². The third-order valence-electron chi connectivity index (χ3n) is 4.32. The average molecular weight is 288 g/mol. The summed E-state index contributed by atoms with van der Waals surface area (Å²) in [5, 5.41) is 16.5. The molecule has 0 bridgehead atoms. The highest BCUT2D eigenvalue weighted by atomic mass is 16.4. The van der Waals surface area contributed by atoms with Crippen molar-refractivity contribution in [1.29, 1.82) is 0 Å². The van der Waals surface area contributed by atoms with E-state index in [4.69, 9.17) is 0 Å². The second-order valence-corrected chi connectivity index (χ2v) is 6.02. The Morgan fingerprint density at radius 1 is 0.857 bits per heavy atom. The Morgan fingerprint density at radius 3 is 2.14 bits per heavy atom. The Bertz CT molecular complexity index is 416. The zero-order valence-corrected chi connectivity index (χ0v) is 12.9. The predicted molar refractivity (Wildman–Crippen MR) is 89.2 cm³/mol. The first-order valence-corrected chi connectivity index (χ1v) is 8.42. The van der Waals surface area contributed by atoms with E-state index in [1.165, 1.54) is 44.9 Å². The molecule has 21 heavy (non-hydrogen) atoms. The summed E-state index contributed by atoms with van der Waals surface area (Å²) in [6.45, 7) is 0. The number of hydrogen-bond acceptors (Lipinski definition) is 3. The molecule has 2 rings (SSSR count). The molecule has 0 saturated heterocycles. The third kappa shape index (κ3) is 5.78. The van der Waals surface area contributed by atoms with Crippen LogP contribution in [0.15, 0.2) is 35.5 Å². The van der Waals surface area contributed by atoms with Crippen LogP contribution < -0.4 is 5.32 Å². The highest BCUT2D eigenvalue weighted by Gasteiger charge is 2.16. The molecule has 0 aliphatic heterocycles. The number of hydrogen-bond donors (Lipinski definition) is 2. The fourth-order valence-electron chi connectivity index (χ4n) is 3.07. The van der Waals surface area contributed by atoms with Gasteiger partial charge in [-0.3, -0.25) is 0 Å². The summed E-state index contributed by atoms with van der Waals surface area (Å²) in [6.07, 6.45) is 12.2. The van der Waals surface area contributed by atoms with E-state index in [9.17, 15) is 5.21 Å². The standard InChI is InChI=1S/C18H28N2O/c21-20-18-15-11-6-4-2-1-3-5-10-14-17(18)19-16-12-8-7-9-13-16/h7-9,12-13,17,19,21H,1-6,10-11,14-15H2. The molecule has 3 heteroatoms. The number of rotatable bonds is 2. The molecule has 1 unspecified atom stereocenters. The van der Waals surface area contributed by atoms with E-state index in [0.29, 0.717) is 0 Å². The highest BCUT2D eigenvalue weighted by molar-refractivity contribution is 5.91. The molecule has 1 fully saturated rings. The predicted octanol–water partition coefficient (Wildman–Crippen LogP) is 5.21. The van der Waals surface area contributed by atoms with Crippen molar-refractivity contribution >= 4 is 11.4 Å². The second kappa shape index (κ2) is 9.43. The van der Waals surface area contributed by atoms with Crippen LogP contribution in [0.1, 0.15) is 64.2 Å². The molecule has 116 valence electrons. The number of oxime groups is 1. The zero-order chi connectivity index (χ0) is 14.8. The molecule has 2 N–H and O–H groups in total. The molecular formula is C18H28N2O. The lowest BCUT2D eigenvalue weighted by Crippen LogP contribution is -2.30. The first-order chi connectivity index (χ1) is 10.4. The van der Waals surface area contributed by atoms with Crippen molar-refractivity contribution in [3.8, 4) is 0 Å². The van der Waals surface area contributed by atoms with Crippen LogP contribution in [0.2, 0.25) is 0 Å². The normalized spacial score (nSPS) is 24.0. The Labute approximate surface area is 128 Å². The van der Waals surface area contributed by atoms with Crippen LogP contribution in [-0.4, -0.2) is 17.0 Å².